The highest BCUT2D eigenvalue weighted by Crippen LogP contribution is 2.21. The van der Waals surface area contributed by atoms with Crippen molar-refractivity contribution in [2.75, 3.05) is 0 Å². The summed E-state index contributed by atoms with van der Waals surface area (Å²) in [5, 5.41) is 0.773. The minimum atomic E-state index is -0.00464. The third-order valence-corrected chi connectivity index (χ3v) is 3.47. The van der Waals surface area contributed by atoms with Crippen LogP contribution in [0.25, 0.3) is 0 Å². The molecule has 0 bridgehead atoms. The van der Waals surface area contributed by atoms with E-state index in [0.29, 0.717) is 12.5 Å². The lowest BCUT2D eigenvalue weighted by atomic mass is 10.0. The first kappa shape index (κ1) is 13.1. The second-order valence-corrected chi connectivity index (χ2v) is 5.21. The van der Waals surface area contributed by atoms with Gasteiger partial charge in [-0.2, -0.15) is 0 Å². The Bertz CT molecular complexity index is 519. The fraction of sp³-hybridized carbons (Fsp3) is 0.357. The molecular weight excluding hydrogens is 246 g/mol. The standard InChI is InChI=1S/C14H18ClN3/c1-10(2)14(16)13-7-17-9-18(13)8-11-5-3-4-6-12(11)15/h3-7,9-10,14H,8,16H2,1-2H3. The van der Waals surface area contributed by atoms with Gasteiger partial charge in [0.15, 0.2) is 0 Å². The summed E-state index contributed by atoms with van der Waals surface area (Å²) >= 11 is 6.17. The van der Waals surface area contributed by atoms with Crippen molar-refractivity contribution in [3.63, 3.8) is 0 Å². The molecule has 2 aromatic rings. The normalized spacial score (nSPS) is 12.9. The van der Waals surface area contributed by atoms with E-state index >= 15 is 0 Å². The molecule has 1 atom stereocenters. The van der Waals surface area contributed by atoms with E-state index in [9.17, 15) is 0 Å². The van der Waals surface area contributed by atoms with Crippen LogP contribution < -0.4 is 5.73 Å². The predicted molar refractivity (Wildman–Crippen MR) is 74.5 cm³/mol. The highest BCUT2D eigenvalue weighted by Gasteiger charge is 2.15. The van der Waals surface area contributed by atoms with Gasteiger partial charge in [0, 0.05) is 17.3 Å². The molecule has 0 spiro atoms. The second kappa shape index (κ2) is 5.55. The van der Waals surface area contributed by atoms with Gasteiger partial charge in [-0.15, -0.1) is 0 Å². The second-order valence-electron chi connectivity index (χ2n) is 4.81. The molecule has 4 heteroatoms. The van der Waals surface area contributed by atoms with Gasteiger partial charge in [-0.25, -0.2) is 4.98 Å². The third kappa shape index (κ3) is 2.74. The van der Waals surface area contributed by atoms with Gasteiger partial charge in [0.25, 0.3) is 0 Å². The van der Waals surface area contributed by atoms with E-state index in [1.165, 1.54) is 0 Å². The Hall–Kier alpha value is -1.32. The Morgan fingerprint density at radius 3 is 2.72 bits per heavy atom. The molecule has 0 amide bonds. The van der Waals surface area contributed by atoms with Crippen LogP contribution in [0.4, 0.5) is 0 Å². The Morgan fingerprint density at radius 1 is 1.33 bits per heavy atom. The van der Waals surface area contributed by atoms with E-state index in [4.69, 9.17) is 17.3 Å². The Morgan fingerprint density at radius 2 is 2.06 bits per heavy atom. The molecule has 3 nitrogen and oxygen atoms in total. The monoisotopic (exact) mass is 263 g/mol. The van der Waals surface area contributed by atoms with Gasteiger partial charge in [0.1, 0.15) is 0 Å². The first-order valence-electron chi connectivity index (χ1n) is 6.08. The van der Waals surface area contributed by atoms with Gasteiger partial charge in [0.05, 0.1) is 18.6 Å². The minimum absolute atomic E-state index is 0.00464. The van der Waals surface area contributed by atoms with Crippen LogP contribution in [0.3, 0.4) is 0 Å². The van der Waals surface area contributed by atoms with Crippen LogP contribution in [0.2, 0.25) is 5.02 Å². The van der Waals surface area contributed by atoms with Gasteiger partial charge in [-0.3, -0.25) is 0 Å². The fourth-order valence-electron chi connectivity index (χ4n) is 1.89. The van der Waals surface area contributed by atoms with Gasteiger partial charge in [-0.1, -0.05) is 43.6 Å². The molecule has 2 rings (SSSR count). The quantitative estimate of drug-likeness (QED) is 0.920. The zero-order valence-electron chi connectivity index (χ0n) is 10.7. The van der Waals surface area contributed by atoms with E-state index in [-0.39, 0.29) is 6.04 Å². The van der Waals surface area contributed by atoms with Crippen molar-refractivity contribution in [2.24, 2.45) is 11.7 Å². The van der Waals surface area contributed by atoms with Crippen molar-refractivity contribution in [3.8, 4) is 0 Å². The molecule has 0 fully saturated rings. The summed E-state index contributed by atoms with van der Waals surface area (Å²) in [6, 6.07) is 7.83. The van der Waals surface area contributed by atoms with Crippen molar-refractivity contribution in [2.45, 2.75) is 26.4 Å². The highest BCUT2D eigenvalue weighted by molar-refractivity contribution is 6.31. The molecule has 1 aromatic heterocycles. The van der Waals surface area contributed by atoms with Crippen molar-refractivity contribution >= 4 is 11.6 Å². The van der Waals surface area contributed by atoms with Gasteiger partial charge < -0.3 is 10.3 Å². The van der Waals surface area contributed by atoms with Crippen LogP contribution in [-0.4, -0.2) is 9.55 Å². The van der Waals surface area contributed by atoms with Gasteiger partial charge >= 0.3 is 0 Å². The van der Waals surface area contributed by atoms with Crippen LogP contribution in [0.5, 0.6) is 0 Å². The fourth-order valence-corrected chi connectivity index (χ4v) is 2.09. The highest BCUT2D eigenvalue weighted by atomic mass is 35.5. The largest absolute Gasteiger partial charge is 0.329 e. The molecule has 0 radical (unpaired) electrons. The summed E-state index contributed by atoms with van der Waals surface area (Å²) in [7, 11) is 0. The first-order chi connectivity index (χ1) is 8.59. The first-order valence-corrected chi connectivity index (χ1v) is 6.46. The number of nitrogens with zero attached hydrogens (tertiary/aromatic N) is 2. The molecule has 2 N–H and O–H groups in total. The number of hydrogen-bond acceptors (Lipinski definition) is 2. The predicted octanol–water partition coefficient (Wildman–Crippen LogP) is 3.24. The van der Waals surface area contributed by atoms with Crippen molar-refractivity contribution in [1.29, 1.82) is 0 Å². The Labute approximate surface area is 113 Å². The molecule has 18 heavy (non-hydrogen) atoms. The molecular formula is C14H18ClN3. The van der Waals surface area contributed by atoms with E-state index in [1.54, 1.807) is 6.33 Å². The van der Waals surface area contributed by atoms with Crippen molar-refractivity contribution in [3.05, 3.63) is 53.1 Å². The number of benzene rings is 1. The van der Waals surface area contributed by atoms with Crippen molar-refractivity contribution in [1.82, 2.24) is 9.55 Å². The summed E-state index contributed by atoms with van der Waals surface area (Å²) in [6.45, 7) is 4.92. The van der Waals surface area contributed by atoms with Crippen LogP contribution in [-0.2, 0) is 6.54 Å². The minimum Gasteiger partial charge on any atom is -0.329 e. The van der Waals surface area contributed by atoms with Crippen molar-refractivity contribution < 1.29 is 0 Å². The van der Waals surface area contributed by atoms with E-state index in [0.717, 1.165) is 16.3 Å². The maximum atomic E-state index is 6.18. The lowest BCUT2D eigenvalue weighted by Crippen LogP contribution is -2.20. The summed E-state index contributed by atoms with van der Waals surface area (Å²) in [4.78, 5) is 4.19. The Balaban J connectivity index is 2.26. The smallest absolute Gasteiger partial charge is 0.0951 e. The van der Waals surface area contributed by atoms with Crippen LogP contribution in [0.1, 0.15) is 31.1 Å². The number of aromatic nitrogens is 2. The Kier molecular flexibility index (Phi) is 4.04. The van der Waals surface area contributed by atoms with Crippen LogP contribution >= 0.6 is 11.6 Å². The summed E-state index contributed by atoms with van der Waals surface area (Å²) in [6.07, 6.45) is 3.64. The topological polar surface area (TPSA) is 43.8 Å². The van der Waals surface area contributed by atoms with Crippen LogP contribution in [0.15, 0.2) is 36.8 Å². The summed E-state index contributed by atoms with van der Waals surface area (Å²) < 4.78 is 2.06. The number of halogens is 1. The molecule has 0 aliphatic carbocycles. The molecule has 0 aliphatic heterocycles. The average molecular weight is 264 g/mol. The van der Waals surface area contributed by atoms with E-state index < -0.39 is 0 Å². The molecule has 96 valence electrons. The van der Waals surface area contributed by atoms with Crippen LogP contribution in [0, 0.1) is 5.92 Å². The maximum absolute atomic E-state index is 6.18. The molecule has 0 saturated heterocycles. The zero-order valence-corrected chi connectivity index (χ0v) is 11.4. The molecule has 1 unspecified atom stereocenters. The van der Waals surface area contributed by atoms with Gasteiger partial charge in [-0.05, 0) is 17.5 Å². The zero-order chi connectivity index (χ0) is 13.1. The lowest BCUT2D eigenvalue weighted by molar-refractivity contribution is 0.484. The lowest BCUT2D eigenvalue weighted by Gasteiger charge is -2.18. The number of rotatable bonds is 4. The number of hydrogen-bond donors (Lipinski definition) is 1. The summed E-state index contributed by atoms with van der Waals surface area (Å²) in [5.74, 6) is 0.381. The average Bonchev–Trinajstić information content (AvgIpc) is 2.79. The summed E-state index contributed by atoms with van der Waals surface area (Å²) in [5.41, 5.74) is 8.31. The number of imidazole rings is 1. The molecule has 1 heterocycles. The SMILES string of the molecule is CC(C)C(N)c1cncn1Cc1ccccc1Cl. The van der Waals surface area contributed by atoms with E-state index in [1.807, 2.05) is 30.5 Å². The third-order valence-electron chi connectivity index (χ3n) is 3.10. The van der Waals surface area contributed by atoms with E-state index in [2.05, 4.69) is 23.4 Å². The molecule has 0 saturated carbocycles. The maximum Gasteiger partial charge on any atom is 0.0951 e. The molecule has 1 aromatic carbocycles. The van der Waals surface area contributed by atoms with Gasteiger partial charge in [0.2, 0.25) is 0 Å². The molecule has 0 aliphatic rings. The number of nitrogens with two attached hydrogens (primary N) is 1.